The van der Waals surface area contributed by atoms with E-state index in [0.29, 0.717) is 5.41 Å². The molecule has 2 heteroatoms. The van der Waals surface area contributed by atoms with Crippen molar-refractivity contribution >= 4 is 0 Å². The molecule has 0 amide bonds. The lowest BCUT2D eigenvalue weighted by atomic mass is 9.67. The summed E-state index contributed by atoms with van der Waals surface area (Å²) in [5.41, 5.74) is 1.28. The maximum atomic E-state index is 3.62. The average Bonchev–Trinajstić information content (AvgIpc) is 2.48. The van der Waals surface area contributed by atoms with Crippen LogP contribution in [0.2, 0.25) is 0 Å². The summed E-state index contributed by atoms with van der Waals surface area (Å²) in [6, 6.07) is 1.50. The molecule has 0 aromatic rings. The van der Waals surface area contributed by atoms with Crippen molar-refractivity contribution in [1.29, 1.82) is 0 Å². The molecule has 0 bridgehead atoms. The number of nitrogens with zero attached hydrogens (tertiary/aromatic N) is 1. The Labute approximate surface area is 132 Å². The SMILES string of the molecule is CNC1CCC(C)(C)CC1N1CCC2(CCCCC2)CC1. The van der Waals surface area contributed by atoms with Crippen LogP contribution in [-0.2, 0) is 0 Å². The van der Waals surface area contributed by atoms with E-state index in [2.05, 4.69) is 31.1 Å². The van der Waals surface area contributed by atoms with Crippen molar-refractivity contribution in [1.82, 2.24) is 10.2 Å². The predicted octanol–water partition coefficient (Wildman–Crippen LogP) is 4.20. The summed E-state index contributed by atoms with van der Waals surface area (Å²) in [4.78, 5) is 2.85. The van der Waals surface area contributed by atoms with Crippen LogP contribution in [0.1, 0.15) is 78.1 Å². The second-order valence-corrected chi connectivity index (χ2v) is 8.97. The molecule has 2 aliphatic carbocycles. The first-order chi connectivity index (χ1) is 10.0. The van der Waals surface area contributed by atoms with Crippen LogP contribution in [-0.4, -0.2) is 37.1 Å². The number of nitrogens with one attached hydrogen (secondary N) is 1. The highest BCUT2D eigenvalue weighted by Gasteiger charge is 2.41. The first kappa shape index (κ1) is 15.8. The lowest BCUT2D eigenvalue weighted by molar-refractivity contribution is 0.00491. The molecule has 2 nitrogen and oxygen atoms in total. The van der Waals surface area contributed by atoms with Crippen LogP contribution in [0.5, 0.6) is 0 Å². The number of likely N-dealkylation sites (N-methyl/N-ethyl adjacent to an activating group) is 1. The molecule has 21 heavy (non-hydrogen) atoms. The maximum Gasteiger partial charge on any atom is 0.0254 e. The fourth-order valence-corrected chi connectivity index (χ4v) is 5.40. The van der Waals surface area contributed by atoms with E-state index in [1.165, 1.54) is 77.3 Å². The molecule has 1 N–H and O–H groups in total. The number of hydrogen-bond donors (Lipinski definition) is 1. The smallest absolute Gasteiger partial charge is 0.0254 e. The fourth-order valence-electron chi connectivity index (χ4n) is 5.40. The summed E-state index contributed by atoms with van der Waals surface area (Å²) in [5.74, 6) is 0. The monoisotopic (exact) mass is 292 g/mol. The standard InChI is InChI=1S/C19H36N2/c1-18(2)10-7-16(20-3)17(15-18)21-13-11-19(12-14-21)8-5-4-6-9-19/h16-17,20H,4-15H2,1-3H3. The molecule has 0 aromatic carbocycles. The summed E-state index contributed by atoms with van der Waals surface area (Å²) in [7, 11) is 2.17. The van der Waals surface area contributed by atoms with Crippen LogP contribution in [0, 0.1) is 10.8 Å². The molecule has 0 aromatic heterocycles. The number of hydrogen-bond acceptors (Lipinski definition) is 2. The normalized spacial score (nSPS) is 36.7. The topological polar surface area (TPSA) is 15.3 Å². The van der Waals surface area contributed by atoms with E-state index in [4.69, 9.17) is 0 Å². The van der Waals surface area contributed by atoms with Gasteiger partial charge >= 0.3 is 0 Å². The molecule has 122 valence electrons. The van der Waals surface area contributed by atoms with Gasteiger partial charge in [-0.05, 0) is 75.9 Å². The van der Waals surface area contributed by atoms with Gasteiger partial charge in [0.1, 0.15) is 0 Å². The third-order valence-electron chi connectivity index (χ3n) is 6.97. The molecule has 2 unspecified atom stereocenters. The van der Waals surface area contributed by atoms with E-state index in [9.17, 15) is 0 Å². The highest BCUT2D eigenvalue weighted by Crippen LogP contribution is 2.46. The van der Waals surface area contributed by atoms with Gasteiger partial charge in [-0.2, -0.15) is 0 Å². The average molecular weight is 293 g/mol. The highest BCUT2D eigenvalue weighted by molar-refractivity contribution is 4.97. The summed E-state index contributed by atoms with van der Waals surface area (Å²) < 4.78 is 0. The van der Waals surface area contributed by atoms with Crippen molar-refractivity contribution < 1.29 is 0 Å². The van der Waals surface area contributed by atoms with Gasteiger partial charge in [0, 0.05) is 12.1 Å². The van der Waals surface area contributed by atoms with Gasteiger partial charge in [0.2, 0.25) is 0 Å². The Bertz CT molecular complexity index is 333. The lowest BCUT2D eigenvalue weighted by Gasteiger charge is -2.51. The van der Waals surface area contributed by atoms with E-state index in [-0.39, 0.29) is 0 Å². The van der Waals surface area contributed by atoms with Crippen molar-refractivity contribution in [2.75, 3.05) is 20.1 Å². The minimum absolute atomic E-state index is 0.540. The zero-order valence-electron chi connectivity index (χ0n) is 14.6. The molecule has 1 spiro atoms. The van der Waals surface area contributed by atoms with Gasteiger partial charge in [-0.3, -0.25) is 4.90 Å². The molecule has 2 atom stereocenters. The van der Waals surface area contributed by atoms with Crippen LogP contribution in [0.4, 0.5) is 0 Å². The van der Waals surface area contributed by atoms with Crippen molar-refractivity contribution in [2.24, 2.45) is 10.8 Å². The van der Waals surface area contributed by atoms with Gasteiger partial charge in [0.25, 0.3) is 0 Å². The van der Waals surface area contributed by atoms with Gasteiger partial charge in [0.15, 0.2) is 0 Å². The molecule has 3 aliphatic rings. The number of piperidine rings is 1. The zero-order chi connectivity index (χ0) is 14.9. The number of rotatable bonds is 2. The molecule has 0 radical (unpaired) electrons. The first-order valence-corrected chi connectivity index (χ1v) is 9.45. The van der Waals surface area contributed by atoms with Gasteiger partial charge < -0.3 is 5.32 Å². The maximum absolute atomic E-state index is 3.62. The summed E-state index contributed by atoms with van der Waals surface area (Å²) in [5, 5.41) is 3.62. The third kappa shape index (κ3) is 3.47. The minimum Gasteiger partial charge on any atom is -0.315 e. The van der Waals surface area contributed by atoms with Crippen molar-refractivity contribution in [2.45, 2.75) is 90.1 Å². The van der Waals surface area contributed by atoms with Crippen LogP contribution < -0.4 is 5.32 Å². The van der Waals surface area contributed by atoms with Crippen molar-refractivity contribution in [3.8, 4) is 0 Å². The molecule has 1 heterocycles. The van der Waals surface area contributed by atoms with Crippen LogP contribution in [0.15, 0.2) is 0 Å². The second kappa shape index (κ2) is 6.20. The molecular formula is C19H36N2. The Balaban J connectivity index is 1.61. The first-order valence-electron chi connectivity index (χ1n) is 9.45. The van der Waals surface area contributed by atoms with Crippen LogP contribution in [0.25, 0.3) is 0 Å². The molecule has 1 aliphatic heterocycles. The largest absolute Gasteiger partial charge is 0.315 e. The Morgan fingerprint density at radius 3 is 2.19 bits per heavy atom. The lowest BCUT2D eigenvalue weighted by Crippen LogP contribution is -2.56. The van der Waals surface area contributed by atoms with E-state index in [1.54, 1.807) is 0 Å². The molecule has 3 fully saturated rings. The van der Waals surface area contributed by atoms with Gasteiger partial charge in [0.05, 0.1) is 0 Å². The third-order valence-corrected chi connectivity index (χ3v) is 6.97. The van der Waals surface area contributed by atoms with E-state index >= 15 is 0 Å². The predicted molar refractivity (Wildman–Crippen MR) is 90.6 cm³/mol. The van der Waals surface area contributed by atoms with Gasteiger partial charge in [-0.25, -0.2) is 0 Å². The molecule has 3 rings (SSSR count). The van der Waals surface area contributed by atoms with Gasteiger partial charge in [-0.1, -0.05) is 33.1 Å². The Kier molecular flexibility index (Phi) is 4.66. The highest BCUT2D eigenvalue weighted by atomic mass is 15.2. The van der Waals surface area contributed by atoms with E-state index in [0.717, 1.165) is 17.5 Å². The van der Waals surface area contributed by atoms with Gasteiger partial charge in [-0.15, -0.1) is 0 Å². The molecule has 1 saturated heterocycles. The summed E-state index contributed by atoms with van der Waals surface area (Å²) in [6.07, 6.45) is 14.6. The van der Waals surface area contributed by atoms with E-state index < -0.39 is 0 Å². The second-order valence-electron chi connectivity index (χ2n) is 8.97. The van der Waals surface area contributed by atoms with Crippen molar-refractivity contribution in [3.63, 3.8) is 0 Å². The Hall–Kier alpha value is -0.0800. The Morgan fingerprint density at radius 1 is 0.905 bits per heavy atom. The van der Waals surface area contributed by atoms with Crippen molar-refractivity contribution in [3.05, 3.63) is 0 Å². The fraction of sp³-hybridized carbons (Fsp3) is 1.00. The quantitative estimate of drug-likeness (QED) is 0.820. The summed E-state index contributed by atoms with van der Waals surface area (Å²) in [6.45, 7) is 7.66. The summed E-state index contributed by atoms with van der Waals surface area (Å²) >= 11 is 0. The minimum atomic E-state index is 0.540. The molecular weight excluding hydrogens is 256 g/mol. The van der Waals surface area contributed by atoms with Crippen LogP contribution >= 0.6 is 0 Å². The Morgan fingerprint density at radius 2 is 1.57 bits per heavy atom. The van der Waals surface area contributed by atoms with Crippen LogP contribution in [0.3, 0.4) is 0 Å². The van der Waals surface area contributed by atoms with E-state index in [1.807, 2.05) is 0 Å². The number of likely N-dealkylation sites (tertiary alicyclic amines) is 1. The molecule has 2 saturated carbocycles. The zero-order valence-corrected chi connectivity index (χ0v) is 14.6.